The van der Waals surface area contributed by atoms with Crippen molar-refractivity contribution >= 4 is 29.7 Å². The number of rotatable bonds is 21. The predicted octanol–water partition coefficient (Wildman–Crippen LogP) is 8.76. The number of phenolic OH excluding ortho intramolecular Hbond substituents is 1. The highest BCUT2D eigenvalue weighted by Gasteiger charge is 2.21. The fourth-order valence-electron chi connectivity index (χ4n) is 4.70. The number of hydrogen-bond donors (Lipinski definition) is 2. The molecule has 0 fully saturated rings. The number of non-ortho nitro benzene ring substituents is 1. The Bertz CT molecular complexity index is 1250. The van der Waals surface area contributed by atoms with Gasteiger partial charge in [0.2, 0.25) is 5.91 Å². The monoisotopic (exact) mass is 669 g/mol. The van der Waals surface area contributed by atoms with Gasteiger partial charge in [-0.3, -0.25) is 14.9 Å². The van der Waals surface area contributed by atoms with Crippen LogP contribution in [0, 0.1) is 22.0 Å². The van der Waals surface area contributed by atoms with Gasteiger partial charge in [-0.25, -0.2) is 15.0 Å². The molecule has 2 aromatic carbocycles. The maximum atomic E-state index is 12.6. The summed E-state index contributed by atoms with van der Waals surface area (Å²) in [5, 5.41) is 23.8. The van der Waals surface area contributed by atoms with E-state index in [0.29, 0.717) is 42.6 Å². The normalized spacial score (nSPS) is 12.0. The number of phenols is 1. The van der Waals surface area contributed by atoms with Gasteiger partial charge in [-0.2, -0.15) is 5.10 Å². The van der Waals surface area contributed by atoms with Crippen molar-refractivity contribution in [3.05, 3.63) is 69.3 Å². The Morgan fingerprint density at radius 2 is 1.35 bits per heavy atom. The summed E-state index contributed by atoms with van der Waals surface area (Å²) in [6.07, 6.45) is 13.0. The molecule has 2 N–H and O–H groups in total. The van der Waals surface area contributed by atoms with Gasteiger partial charge in [-0.1, -0.05) is 98.1 Å². The second-order valence-corrected chi connectivity index (χ2v) is 11.8. The van der Waals surface area contributed by atoms with Gasteiger partial charge in [0, 0.05) is 24.1 Å². The van der Waals surface area contributed by atoms with E-state index < -0.39 is 16.9 Å². The molecule has 0 aromatic heterocycles. The molecule has 48 heavy (non-hydrogen) atoms. The molecule has 0 saturated carbocycles. The molecule has 0 aliphatic carbocycles. The minimum absolute atomic E-state index is 0.139. The average molecular weight is 670 g/mol. The van der Waals surface area contributed by atoms with Crippen molar-refractivity contribution in [3.8, 4) is 5.75 Å². The predicted molar refractivity (Wildman–Crippen MR) is 188 cm³/mol. The number of ether oxygens (including phenoxy) is 2. The van der Waals surface area contributed by atoms with E-state index in [-0.39, 0.29) is 22.9 Å². The molecular weight excluding hydrogens is 614 g/mol. The van der Waals surface area contributed by atoms with Crippen LogP contribution in [-0.4, -0.2) is 47.3 Å². The number of nitro groups is 1. The standard InChI is InChI=1S/C24H38O4.C13H17N3O4/c1-5-9-13-19(7-3)17-27-23(25)21-15-11-12-16-22(21)24(26)28-18-20(8-4)14-10-6-2;1-2-3-4-5-13(18)15-14-9-10-8-11(16(19)20)6-7-12(10)17/h11-12,15-16,19-20H,5-10,13-14,17-18H2,1-4H3;6-9,17H,2-5H2,1H3,(H,15,18)/b;14-9+. The lowest BCUT2D eigenvalue weighted by Crippen LogP contribution is -2.19. The molecule has 2 unspecified atom stereocenters. The lowest BCUT2D eigenvalue weighted by Gasteiger charge is -2.17. The Kier molecular flexibility index (Phi) is 21.6. The number of nitrogens with one attached hydrogen (secondary N) is 1. The molecule has 11 nitrogen and oxygen atoms in total. The molecule has 0 aliphatic rings. The second kappa shape index (κ2) is 24.8. The van der Waals surface area contributed by atoms with Crippen LogP contribution in [0.5, 0.6) is 5.75 Å². The molecule has 0 aliphatic heterocycles. The first-order valence-corrected chi connectivity index (χ1v) is 17.3. The quantitative estimate of drug-likeness (QED) is 0.0439. The van der Waals surface area contributed by atoms with Crippen LogP contribution in [0.4, 0.5) is 5.69 Å². The van der Waals surface area contributed by atoms with Crippen LogP contribution in [0.15, 0.2) is 47.6 Å². The largest absolute Gasteiger partial charge is 0.507 e. The molecule has 11 heteroatoms. The molecule has 2 aromatic rings. The van der Waals surface area contributed by atoms with Gasteiger partial charge in [0.25, 0.3) is 5.69 Å². The van der Waals surface area contributed by atoms with Gasteiger partial charge in [0.1, 0.15) is 5.75 Å². The topological polar surface area (TPSA) is 157 Å². The van der Waals surface area contributed by atoms with Crippen molar-refractivity contribution < 1.29 is 33.9 Å². The number of benzene rings is 2. The molecule has 0 heterocycles. The molecule has 0 radical (unpaired) electrons. The van der Waals surface area contributed by atoms with Crippen LogP contribution in [0.3, 0.4) is 0 Å². The van der Waals surface area contributed by atoms with Crippen LogP contribution in [0.1, 0.15) is 138 Å². The summed E-state index contributed by atoms with van der Waals surface area (Å²) < 4.78 is 11.0. The summed E-state index contributed by atoms with van der Waals surface area (Å²) in [6, 6.07) is 10.4. The summed E-state index contributed by atoms with van der Waals surface area (Å²) in [5.41, 5.74) is 2.92. The summed E-state index contributed by atoms with van der Waals surface area (Å²) >= 11 is 0. The lowest BCUT2D eigenvalue weighted by molar-refractivity contribution is -0.384. The van der Waals surface area contributed by atoms with Gasteiger partial charge in [0.15, 0.2) is 0 Å². The fourth-order valence-corrected chi connectivity index (χ4v) is 4.70. The van der Waals surface area contributed by atoms with Crippen LogP contribution in [0.2, 0.25) is 0 Å². The van der Waals surface area contributed by atoms with E-state index in [1.807, 2.05) is 6.92 Å². The van der Waals surface area contributed by atoms with Crippen molar-refractivity contribution in [2.24, 2.45) is 16.9 Å². The third-order valence-corrected chi connectivity index (χ3v) is 7.98. The first-order valence-electron chi connectivity index (χ1n) is 17.3. The molecule has 266 valence electrons. The highest BCUT2D eigenvalue weighted by atomic mass is 16.6. The number of unbranched alkanes of at least 4 members (excludes halogenated alkanes) is 4. The average Bonchev–Trinajstić information content (AvgIpc) is 3.09. The highest BCUT2D eigenvalue weighted by molar-refractivity contribution is 6.03. The molecular formula is C37H55N3O8. The van der Waals surface area contributed by atoms with Crippen molar-refractivity contribution in [3.63, 3.8) is 0 Å². The maximum absolute atomic E-state index is 12.6. The zero-order valence-electron chi connectivity index (χ0n) is 29.4. The van der Waals surface area contributed by atoms with Crippen LogP contribution < -0.4 is 5.43 Å². The zero-order chi connectivity index (χ0) is 35.7. The first-order chi connectivity index (χ1) is 23.1. The van der Waals surface area contributed by atoms with E-state index in [0.717, 1.165) is 70.6 Å². The van der Waals surface area contributed by atoms with E-state index in [9.17, 15) is 29.6 Å². The molecule has 0 spiro atoms. The molecule has 0 bridgehead atoms. The van der Waals surface area contributed by atoms with Crippen molar-refractivity contribution in [2.45, 2.75) is 112 Å². The van der Waals surface area contributed by atoms with Gasteiger partial charge in [-0.05, 0) is 49.3 Å². The zero-order valence-corrected chi connectivity index (χ0v) is 29.4. The number of nitrogens with zero attached hydrogens (tertiary/aromatic N) is 2. The number of aromatic hydroxyl groups is 1. The molecule has 1 amide bonds. The summed E-state index contributed by atoms with van der Waals surface area (Å²) in [4.78, 5) is 46.5. The van der Waals surface area contributed by atoms with E-state index in [2.05, 4.69) is 38.2 Å². The third kappa shape index (κ3) is 16.5. The summed E-state index contributed by atoms with van der Waals surface area (Å²) in [5.74, 6) is -0.515. The first kappa shape index (κ1) is 41.7. The fraction of sp³-hybridized carbons (Fsp3) is 0.568. The van der Waals surface area contributed by atoms with Crippen molar-refractivity contribution in [1.29, 1.82) is 0 Å². The van der Waals surface area contributed by atoms with E-state index in [1.54, 1.807) is 24.3 Å². The third-order valence-electron chi connectivity index (χ3n) is 7.98. The van der Waals surface area contributed by atoms with Gasteiger partial charge >= 0.3 is 11.9 Å². The van der Waals surface area contributed by atoms with Crippen molar-refractivity contribution in [1.82, 2.24) is 5.43 Å². The van der Waals surface area contributed by atoms with Gasteiger partial charge in [-0.15, -0.1) is 0 Å². The SMILES string of the molecule is CCCCC(CC)COC(=O)c1ccccc1C(=O)OCC(CC)CCCC.CCCCCC(=O)N/N=C/c1cc([N+](=O)[O-])ccc1O. The molecule has 2 atom stereocenters. The maximum Gasteiger partial charge on any atom is 0.339 e. The molecule has 0 saturated heterocycles. The van der Waals surface area contributed by atoms with E-state index in [1.165, 1.54) is 24.4 Å². The van der Waals surface area contributed by atoms with Gasteiger partial charge in [0.05, 0.1) is 35.5 Å². The Balaban J connectivity index is 0.000000507. The van der Waals surface area contributed by atoms with Crippen LogP contribution in [0.25, 0.3) is 0 Å². The second-order valence-electron chi connectivity index (χ2n) is 11.8. The van der Waals surface area contributed by atoms with Crippen LogP contribution in [-0.2, 0) is 14.3 Å². The number of hydrazone groups is 1. The van der Waals surface area contributed by atoms with Crippen molar-refractivity contribution in [2.75, 3.05) is 13.2 Å². The Hall–Kier alpha value is -4.28. The summed E-state index contributed by atoms with van der Waals surface area (Å²) in [6.45, 7) is 11.4. The number of carbonyl (C=O) groups is 3. The number of esters is 2. The number of amides is 1. The summed E-state index contributed by atoms with van der Waals surface area (Å²) in [7, 11) is 0. The highest BCUT2D eigenvalue weighted by Crippen LogP contribution is 2.21. The minimum Gasteiger partial charge on any atom is -0.507 e. The van der Waals surface area contributed by atoms with Gasteiger partial charge < -0.3 is 14.6 Å². The molecule has 2 rings (SSSR count). The lowest BCUT2D eigenvalue weighted by atomic mass is 10.0. The van der Waals surface area contributed by atoms with E-state index in [4.69, 9.17) is 9.47 Å². The number of hydrogen-bond acceptors (Lipinski definition) is 9. The Morgan fingerprint density at radius 3 is 1.81 bits per heavy atom. The number of nitro benzene ring substituents is 1. The Morgan fingerprint density at radius 1 is 0.833 bits per heavy atom. The number of carbonyl (C=O) groups excluding carboxylic acids is 3. The Labute approximate surface area is 285 Å². The van der Waals surface area contributed by atoms with Crippen LogP contribution >= 0.6 is 0 Å². The minimum atomic E-state index is -0.569. The smallest absolute Gasteiger partial charge is 0.339 e. The van der Waals surface area contributed by atoms with E-state index >= 15 is 0 Å².